The Labute approximate surface area is 142 Å². The van der Waals surface area contributed by atoms with Crippen LogP contribution in [0.4, 0.5) is 0 Å². The largest absolute Gasteiger partial charge is 0.480 e. The van der Waals surface area contributed by atoms with Crippen LogP contribution in [0.5, 0.6) is 0 Å². The number of rotatable bonds is 8. The Kier molecular flexibility index (Phi) is 5.32. The van der Waals surface area contributed by atoms with Crippen LogP contribution in [-0.2, 0) is 26.0 Å². The molecule has 0 bridgehead atoms. The summed E-state index contributed by atoms with van der Waals surface area (Å²) < 4.78 is 23.1. The molecule has 1 N–H and O–H groups in total. The van der Waals surface area contributed by atoms with E-state index in [-0.39, 0.29) is 24.6 Å². The third-order valence-electron chi connectivity index (χ3n) is 4.39. The minimum Gasteiger partial charge on any atom is -0.480 e. The number of carbonyl (C=O) groups excluding carboxylic acids is 1. The summed E-state index contributed by atoms with van der Waals surface area (Å²) in [5.74, 6) is -1.41. The monoisotopic (exact) mass is 353 g/mol. The maximum absolute atomic E-state index is 12.7. The van der Waals surface area contributed by atoms with Crippen molar-refractivity contribution in [2.75, 3.05) is 12.0 Å². The second kappa shape index (κ2) is 6.93. The summed E-state index contributed by atoms with van der Waals surface area (Å²) in [6.07, 6.45) is 2.61. The van der Waals surface area contributed by atoms with Gasteiger partial charge in [-0.2, -0.15) is 0 Å². The zero-order valence-electron chi connectivity index (χ0n) is 13.9. The van der Waals surface area contributed by atoms with Crippen molar-refractivity contribution in [2.45, 2.75) is 38.8 Å². The zero-order chi connectivity index (χ0) is 18.0. The summed E-state index contributed by atoms with van der Waals surface area (Å²) >= 11 is 0. The molecule has 24 heavy (non-hydrogen) atoms. The van der Waals surface area contributed by atoms with Crippen LogP contribution in [0.1, 0.15) is 31.7 Å². The van der Waals surface area contributed by atoms with E-state index in [2.05, 4.69) is 0 Å². The fourth-order valence-corrected chi connectivity index (χ4v) is 4.39. The number of carbonyl (C=O) groups is 2. The average Bonchev–Trinajstić information content (AvgIpc) is 3.21. The molecule has 0 saturated heterocycles. The van der Waals surface area contributed by atoms with Crippen LogP contribution < -0.4 is 0 Å². The topological polar surface area (TPSA) is 91.8 Å². The van der Waals surface area contributed by atoms with Crippen LogP contribution >= 0.6 is 0 Å². The molecule has 1 amide bonds. The first-order chi connectivity index (χ1) is 11.1. The minimum atomic E-state index is -3.17. The Morgan fingerprint density at radius 2 is 1.83 bits per heavy atom. The first-order valence-corrected chi connectivity index (χ1v) is 9.92. The number of hydrogen-bond acceptors (Lipinski definition) is 4. The van der Waals surface area contributed by atoms with Gasteiger partial charge in [-0.05, 0) is 30.7 Å². The van der Waals surface area contributed by atoms with Gasteiger partial charge in [0.15, 0.2) is 0 Å². The zero-order valence-corrected chi connectivity index (χ0v) is 14.8. The first kappa shape index (κ1) is 18.4. The summed E-state index contributed by atoms with van der Waals surface area (Å²) in [5, 5.41) is 9.29. The third-order valence-corrected chi connectivity index (χ3v) is 5.53. The predicted molar refractivity (Wildman–Crippen MR) is 90.1 cm³/mol. The SMILES string of the molecule is CC(C(=O)O)N(Cc1ccccc1)C(=O)CC1(CS(C)(=O)=O)CC1. The lowest BCUT2D eigenvalue weighted by Gasteiger charge is -2.28. The van der Waals surface area contributed by atoms with E-state index in [1.165, 1.54) is 18.1 Å². The van der Waals surface area contributed by atoms with Crippen molar-refractivity contribution in [1.82, 2.24) is 4.90 Å². The lowest BCUT2D eigenvalue weighted by atomic mass is 10.0. The molecule has 7 heteroatoms. The van der Waals surface area contributed by atoms with Crippen molar-refractivity contribution in [1.29, 1.82) is 0 Å². The highest BCUT2D eigenvalue weighted by Crippen LogP contribution is 2.50. The van der Waals surface area contributed by atoms with E-state index in [1.54, 1.807) is 0 Å². The number of benzene rings is 1. The molecule has 1 aromatic rings. The Hall–Kier alpha value is -1.89. The quantitative estimate of drug-likeness (QED) is 0.768. The molecule has 1 unspecified atom stereocenters. The molecule has 1 fully saturated rings. The van der Waals surface area contributed by atoms with Gasteiger partial charge in [-0.25, -0.2) is 13.2 Å². The summed E-state index contributed by atoms with van der Waals surface area (Å²) in [5.41, 5.74) is 0.324. The van der Waals surface area contributed by atoms with E-state index in [1.807, 2.05) is 30.3 Å². The van der Waals surface area contributed by atoms with Crippen molar-refractivity contribution in [3.8, 4) is 0 Å². The third kappa shape index (κ3) is 5.06. The summed E-state index contributed by atoms with van der Waals surface area (Å²) in [7, 11) is -3.17. The average molecular weight is 353 g/mol. The van der Waals surface area contributed by atoms with Gasteiger partial charge in [-0.1, -0.05) is 30.3 Å². The van der Waals surface area contributed by atoms with Crippen molar-refractivity contribution < 1.29 is 23.1 Å². The molecule has 6 nitrogen and oxygen atoms in total. The molecule has 1 atom stereocenters. The van der Waals surface area contributed by atoms with E-state index in [0.29, 0.717) is 12.8 Å². The van der Waals surface area contributed by atoms with Crippen molar-refractivity contribution in [3.63, 3.8) is 0 Å². The molecule has 1 aliphatic rings. The molecule has 132 valence electrons. The van der Waals surface area contributed by atoms with Crippen molar-refractivity contribution >= 4 is 21.7 Å². The van der Waals surface area contributed by atoms with Crippen LogP contribution in [0.2, 0.25) is 0 Å². The standard InChI is InChI=1S/C17H23NO5S/c1-13(16(20)21)18(11-14-6-4-3-5-7-14)15(19)10-17(8-9-17)12-24(2,22)23/h3-7,13H,8-12H2,1-2H3,(H,20,21). The number of amides is 1. The number of carboxylic acids is 1. The fourth-order valence-electron chi connectivity index (χ4n) is 2.88. The number of carboxylic acid groups (broad SMARTS) is 1. The second-order valence-corrected chi connectivity index (χ2v) is 8.91. The van der Waals surface area contributed by atoms with Crippen LogP contribution in [0.15, 0.2) is 30.3 Å². The number of nitrogens with zero attached hydrogens (tertiary/aromatic N) is 1. The molecule has 2 rings (SSSR count). The van der Waals surface area contributed by atoms with Gasteiger partial charge in [-0.3, -0.25) is 4.79 Å². The molecule has 0 heterocycles. The highest BCUT2D eigenvalue weighted by molar-refractivity contribution is 7.90. The fraction of sp³-hybridized carbons (Fsp3) is 0.529. The smallest absolute Gasteiger partial charge is 0.326 e. The molecule has 1 aromatic carbocycles. The van der Waals surface area contributed by atoms with Crippen LogP contribution in [0.25, 0.3) is 0 Å². The van der Waals surface area contributed by atoms with Gasteiger partial charge in [0, 0.05) is 19.2 Å². The maximum Gasteiger partial charge on any atom is 0.326 e. The Balaban J connectivity index is 2.14. The van der Waals surface area contributed by atoms with E-state index < -0.39 is 27.3 Å². The van der Waals surface area contributed by atoms with Crippen LogP contribution in [0, 0.1) is 5.41 Å². The van der Waals surface area contributed by atoms with Gasteiger partial charge in [0.25, 0.3) is 0 Å². The van der Waals surface area contributed by atoms with Gasteiger partial charge in [0.1, 0.15) is 15.9 Å². The van der Waals surface area contributed by atoms with Gasteiger partial charge >= 0.3 is 5.97 Å². The number of aliphatic carboxylic acids is 1. The van der Waals surface area contributed by atoms with E-state index in [9.17, 15) is 23.1 Å². The van der Waals surface area contributed by atoms with E-state index in [4.69, 9.17) is 0 Å². The first-order valence-electron chi connectivity index (χ1n) is 7.86. The molecule has 0 spiro atoms. The highest BCUT2D eigenvalue weighted by atomic mass is 32.2. The van der Waals surface area contributed by atoms with Gasteiger partial charge in [0.05, 0.1) is 5.75 Å². The molecule has 0 aromatic heterocycles. The molecular weight excluding hydrogens is 330 g/mol. The van der Waals surface area contributed by atoms with Gasteiger partial charge < -0.3 is 10.0 Å². The summed E-state index contributed by atoms with van der Waals surface area (Å²) in [6, 6.07) is 8.20. The predicted octanol–water partition coefficient (Wildman–Crippen LogP) is 1.70. The minimum absolute atomic E-state index is 0.0215. The second-order valence-electron chi connectivity index (χ2n) is 6.77. The molecule has 1 aliphatic carbocycles. The van der Waals surface area contributed by atoms with E-state index in [0.717, 1.165) is 5.56 Å². The summed E-state index contributed by atoms with van der Waals surface area (Å²) in [4.78, 5) is 25.4. The maximum atomic E-state index is 12.7. The van der Waals surface area contributed by atoms with Crippen LogP contribution in [-0.4, -0.2) is 48.4 Å². The Bertz CT molecular complexity index is 710. The molecule has 0 aliphatic heterocycles. The summed E-state index contributed by atoms with van der Waals surface area (Å²) in [6.45, 7) is 1.67. The van der Waals surface area contributed by atoms with E-state index >= 15 is 0 Å². The van der Waals surface area contributed by atoms with Crippen molar-refractivity contribution in [3.05, 3.63) is 35.9 Å². The molecule has 1 saturated carbocycles. The van der Waals surface area contributed by atoms with Crippen LogP contribution in [0.3, 0.4) is 0 Å². The Morgan fingerprint density at radius 1 is 1.25 bits per heavy atom. The lowest BCUT2D eigenvalue weighted by molar-refractivity contribution is -0.150. The van der Waals surface area contributed by atoms with Gasteiger partial charge in [0.2, 0.25) is 5.91 Å². The van der Waals surface area contributed by atoms with Crippen molar-refractivity contribution in [2.24, 2.45) is 5.41 Å². The highest BCUT2D eigenvalue weighted by Gasteiger charge is 2.47. The normalized spacial score (nSPS) is 17.1. The van der Waals surface area contributed by atoms with Gasteiger partial charge in [-0.15, -0.1) is 0 Å². The molecule has 0 radical (unpaired) electrons. The molecular formula is C17H23NO5S. The lowest BCUT2D eigenvalue weighted by Crippen LogP contribution is -2.43. The number of hydrogen-bond donors (Lipinski definition) is 1. The Morgan fingerprint density at radius 3 is 2.29 bits per heavy atom. The number of sulfone groups is 1.